The molecule has 0 bridgehead atoms. The number of hydrogen-bond donors (Lipinski definition) is 1. The van der Waals surface area contributed by atoms with Crippen LogP contribution in [0.4, 0.5) is 0 Å². The topological polar surface area (TPSA) is 29.1 Å². The van der Waals surface area contributed by atoms with Crippen LogP contribution in [0, 0.1) is 5.92 Å². The van der Waals surface area contributed by atoms with Crippen molar-refractivity contribution >= 4 is 28.5 Å². The molecule has 1 heterocycles. The van der Waals surface area contributed by atoms with Crippen LogP contribution >= 0.6 is 22.6 Å². The number of allylic oxidation sites excluding steroid dienone is 1. The van der Waals surface area contributed by atoms with Crippen molar-refractivity contribution in [3.8, 4) is 0 Å². The van der Waals surface area contributed by atoms with Crippen LogP contribution in [0.1, 0.15) is 52.4 Å². The molecule has 0 unspecified atom stereocenters. The predicted molar refractivity (Wildman–Crippen MR) is 85.7 cm³/mol. The quantitative estimate of drug-likeness (QED) is 0.546. The molecule has 1 N–H and O–H groups in total. The van der Waals surface area contributed by atoms with E-state index in [4.69, 9.17) is 0 Å². The van der Waals surface area contributed by atoms with E-state index in [9.17, 15) is 4.79 Å². The predicted octanol–water partition coefficient (Wildman–Crippen LogP) is 4.36. The average Bonchev–Trinajstić information content (AvgIpc) is 2.36. The first-order chi connectivity index (χ1) is 8.65. The Bertz CT molecular complexity index is 322. The summed E-state index contributed by atoms with van der Waals surface area (Å²) in [6, 6.07) is 0.144. The van der Waals surface area contributed by atoms with Gasteiger partial charge in [0.15, 0.2) is 0 Å². The van der Waals surface area contributed by atoms with E-state index in [-0.39, 0.29) is 11.9 Å². The number of amides is 1. The van der Waals surface area contributed by atoms with Crippen molar-refractivity contribution in [3.63, 3.8) is 0 Å². The summed E-state index contributed by atoms with van der Waals surface area (Å²) in [5, 5.41) is 3.17. The molecule has 0 saturated carbocycles. The largest absolute Gasteiger partial charge is 0.349 e. The number of carbonyl (C=O) groups excluding carboxylic acids is 1. The molecule has 0 aliphatic carbocycles. The van der Waals surface area contributed by atoms with E-state index in [2.05, 4.69) is 58.0 Å². The molecule has 1 aliphatic rings. The van der Waals surface area contributed by atoms with E-state index in [1.54, 1.807) is 0 Å². The van der Waals surface area contributed by atoms with Crippen molar-refractivity contribution in [3.05, 3.63) is 21.8 Å². The highest BCUT2D eigenvalue weighted by atomic mass is 127. The Labute approximate surface area is 124 Å². The van der Waals surface area contributed by atoms with Crippen LogP contribution in [0.15, 0.2) is 21.8 Å². The fourth-order valence-electron chi connectivity index (χ4n) is 2.30. The minimum Gasteiger partial charge on any atom is -0.349 e. The van der Waals surface area contributed by atoms with Gasteiger partial charge in [0, 0.05) is 6.42 Å². The molecule has 1 aliphatic heterocycles. The first-order valence-corrected chi connectivity index (χ1v) is 8.12. The maximum Gasteiger partial charge on any atom is 0.220 e. The summed E-state index contributed by atoms with van der Waals surface area (Å²) in [6.07, 6.45) is 11.0. The fourth-order valence-corrected chi connectivity index (χ4v) is 2.68. The molecule has 18 heavy (non-hydrogen) atoms. The lowest BCUT2D eigenvalue weighted by atomic mass is 9.94. The molecular formula is C15H24INO. The second-order valence-corrected chi connectivity index (χ2v) is 5.76. The van der Waals surface area contributed by atoms with Crippen molar-refractivity contribution in [2.45, 2.75) is 58.4 Å². The van der Waals surface area contributed by atoms with Gasteiger partial charge in [-0.1, -0.05) is 54.5 Å². The van der Waals surface area contributed by atoms with E-state index in [0.29, 0.717) is 12.3 Å². The summed E-state index contributed by atoms with van der Waals surface area (Å²) in [7, 11) is 0. The molecule has 0 fully saturated rings. The molecule has 102 valence electrons. The van der Waals surface area contributed by atoms with E-state index in [1.165, 1.54) is 24.8 Å². The Morgan fingerprint density at radius 1 is 1.39 bits per heavy atom. The Kier molecular flexibility index (Phi) is 7.63. The third-order valence-corrected chi connectivity index (χ3v) is 4.45. The zero-order valence-electron chi connectivity index (χ0n) is 11.4. The van der Waals surface area contributed by atoms with Crippen LogP contribution in [0.25, 0.3) is 0 Å². The third kappa shape index (κ3) is 5.55. The first kappa shape index (κ1) is 15.7. The molecule has 1 rings (SSSR count). The highest BCUT2D eigenvalue weighted by Gasteiger charge is 2.19. The number of hydrogen-bond acceptors (Lipinski definition) is 1. The third-order valence-electron chi connectivity index (χ3n) is 3.47. The monoisotopic (exact) mass is 361 g/mol. The summed E-state index contributed by atoms with van der Waals surface area (Å²) in [5.41, 5.74) is 1.23. The lowest BCUT2D eigenvalue weighted by Crippen LogP contribution is -2.39. The molecule has 0 aromatic rings. The molecule has 2 nitrogen and oxygen atoms in total. The van der Waals surface area contributed by atoms with E-state index in [1.807, 2.05) is 0 Å². The molecule has 0 aromatic heterocycles. The number of rotatable bonds is 1. The summed E-state index contributed by atoms with van der Waals surface area (Å²) in [4.78, 5) is 11.9. The van der Waals surface area contributed by atoms with Crippen molar-refractivity contribution < 1.29 is 4.79 Å². The van der Waals surface area contributed by atoms with Gasteiger partial charge in [-0.3, -0.25) is 4.79 Å². The average molecular weight is 361 g/mol. The smallest absolute Gasteiger partial charge is 0.220 e. The summed E-state index contributed by atoms with van der Waals surface area (Å²) >= 11 is 2.25. The van der Waals surface area contributed by atoms with Gasteiger partial charge in [0.2, 0.25) is 5.91 Å². The van der Waals surface area contributed by atoms with Crippen molar-refractivity contribution in [1.82, 2.24) is 5.32 Å². The van der Waals surface area contributed by atoms with Crippen molar-refractivity contribution in [2.75, 3.05) is 0 Å². The highest BCUT2D eigenvalue weighted by molar-refractivity contribution is 14.1. The minimum absolute atomic E-state index is 0.144. The molecule has 0 radical (unpaired) electrons. The van der Waals surface area contributed by atoms with Crippen LogP contribution in [0.3, 0.4) is 0 Å². The minimum atomic E-state index is 0.144. The van der Waals surface area contributed by atoms with Gasteiger partial charge in [0.05, 0.1) is 6.04 Å². The van der Waals surface area contributed by atoms with E-state index < -0.39 is 0 Å². The Hall–Kier alpha value is -0.320. The zero-order valence-corrected chi connectivity index (χ0v) is 13.6. The van der Waals surface area contributed by atoms with Crippen LogP contribution < -0.4 is 5.32 Å². The molecule has 0 saturated heterocycles. The lowest BCUT2D eigenvalue weighted by Gasteiger charge is -2.24. The Balaban J connectivity index is 2.76. The van der Waals surface area contributed by atoms with Gasteiger partial charge in [0.1, 0.15) is 0 Å². The summed E-state index contributed by atoms with van der Waals surface area (Å²) in [5.74, 6) is 0.554. The van der Waals surface area contributed by atoms with Gasteiger partial charge in [-0.05, 0) is 41.8 Å². The maximum absolute atomic E-state index is 11.9. The van der Waals surface area contributed by atoms with Crippen LogP contribution in [-0.2, 0) is 4.79 Å². The maximum atomic E-state index is 11.9. The zero-order chi connectivity index (χ0) is 13.4. The van der Waals surface area contributed by atoms with Gasteiger partial charge in [-0.15, -0.1) is 0 Å². The number of nitrogens with one attached hydrogen (secondary N) is 1. The van der Waals surface area contributed by atoms with E-state index in [0.717, 1.165) is 12.8 Å². The van der Waals surface area contributed by atoms with Crippen LogP contribution in [0.2, 0.25) is 0 Å². The highest BCUT2D eigenvalue weighted by Crippen LogP contribution is 2.17. The molecule has 0 spiro atoms. The number of carbonyl (C=O) groups is 1. The summed E-state index contributed by atoms with van der Waals surface area (Å²) in [6.45, 7) is 4.27. The van der Waals surface area contributed by atoms with Gasteiger partial charge >= 0.3 is 0 Å². The fraction of sp³-hybridized carbons (Fsp3) is 0.667. The van der Waals surface area contributed by atoms with Crippen molar-refractivity contribution in [2.24, 2.45) is 5.92 Å². The Morgan fingerprint density at radius 2 is 2.11 bits per heavy atom. The van der Waals surface area contributed by atoms with Gasteiger partial charge in [-0.25, -0.2) is 0 Å². The first-order valence-electron chi connectivity index (χ1n) is 6.88. The molecule has 0 aromatic carbocycles. The van der Waals surface area contributed by atoms with Crippen LogP contribution in [0.5, 0.6) is 0 Å². The SMILES string of the molecule is C/C(=C\I)[C@H]1NC(=O)CCCCCC/C=C/[C@@H]1C. The van der Waals surface area contributed by atoms with Gasteiger partial charge in [0.25, 0.3) is 0 Å². The standard InChI is InChI=1S/C15H24INO/c1-12-9-7-5-3-4-6-8-10-14(18)17-15(12)13(2)11-16/h7,9,11-12,15H,3-6,8,10H2,1-2H3,(H,17,18)/b9-7+,13-11+/t12-,15-/m0/s1. The molecule has 2 atom stereocenters. The second-order valence-electron chi connectivity index (χ2n) is 5.14. The van der Waals surface area contributed by atoms with E-state index >= 15 is 0 Å². The Morgan fingerprint density at radius 3 is 2.83 bits per heavy atom. The van der Waals surface area contributed by atoms with Gasteiger partial charge in [-0.2, -0.15) is 0 Å². The van der Waals surface area contributed by atoms with Crippen molar-refractivity contribution in [1.29, 1.82) is 0 Å². The molecular weight excluding hydrogens is 337 g/mol. The number of halogens is 1. The summed E-state index contributed by atoms with van der Waals surface area (Å²) < 4.78 is 2.07. The lowest BCUT2D eigenvalue weighted by molar-refractivity contribution is -0.121. The molecule has 1 amide bonds. The van der Waals surface area contributed by atoms with Crippen LogP contribution in [-0.4, -0.2) is 11.9 Å². The normalized spacial score (nSPS) is 29.9. The van der Waals surface area contributed by atoms with Gasteiger partial charge < -0.3 is 5.32 Å². The second kappa shape index (κ2) is 8.73. The molecule has 3 heteroatoms.